The van der Waals surface area contributed by atoms with Crippen LogP contribution in [0.15, 0.2) is 65.7 Å². The Kier molecular flexibility index (Phi) is 9.10. The van der Waals surface area contributed by atoms with E-state index >= 15 is 0 Å². The number of methoxy groups -OCH3 is 1. The number of amides is 2. The molecule has 1 fully saturated rings. The molecule has 13 heteroatoms. The molecule has 0 bridgehead atoms. The van der Waals surface area contributed by atoms with Crippen molar-refractivity contribution in [2.24, 2.45) is 0 Å². The predicted molar refractivity (Wildman–Crippen MR) is 155 cm³/mol. The Morgan fingerprint density at radius 1 is 1.05 bits per heavy atom. The summed E-state index contributed by atoms with van der Waals surface area (Å²) in [5.74, 6) is -1.49. The van der Waals surface area contributed by atoms with Crippen LogP contribution < -0.4 is 4.90 Å². The van der Waals surface area contributed by atoms with E-state index in [-0.39, 0.29) is 35.0 Å². The number of sulfonamides is 1. The number of aromatic nitrogens is 1. The third kappa shape index (κ3) is 6.42. The van der Waals surface area contributed by atoms with E-state index in [1.54, 1.807) is 36.4 Å². The third-order valence-electron chi connectivity index (χ3n) is 6.82. The summed E-state index contributed by atoms with van der Waals surface area (Å²) in [4.78, 5) is 57.0. The Balaban J connectivity index is 1.56. The number of thioether (sulfide) groups is 1. The van der Waals surface area contributed by atoms with Crippen molar-refractivity contribution < 1.29 is 32.3 Å². The second-order valence-electron chi connectivity index (χ2n) is 9.57. The number of para-hydroxylation sites is 1. The van der Waals surface area contributed by atoms with Gasteiger partial charge in [-0.15, -0.1) is 0 Å². The molecule has 0 spiro atoms. The zero-order valence-corrected chi connectivity index (χ0v) is 24.6. The van der Waals surface area contributed by atoms with Crippen molar-refractivity contribution in [1.29, 1.82) is 0 Å². The maximum atomic E-state index is 13.9. The van der Waals surface area contributed by atoms with Crippen molar-refractivity contribution in [2.75, 3.05) is 39.2 Å². The average molecular weight is 599 g/mol. The van der Waals surface area contributed by atoms with E-state index in [0.29, 0.717) is 16.6 Å². The first-order valence-electron chi connectivity index (χ1n) is 12.7. The van der Waals surface area contributed by atoms with Crippen LogP contribution in [0, 0.1) is 0 Å². The second-order valence-corrected chi connectivity index (χ2v) is 12.9. The standard InChI is InChI=1S/C28H30N4O7S2/c1-18(33)40-22-15-23(32(16-22)41(37,38)24-9-5-7-19-8-6-14-29-26(19)24)27(35)30(2)17-25(34)31(3)21-12-10-20(11-13-21)28(36)39-4/h5-14,22-23H,15-17H2,1-4H3. The van der Waals surface area contributed by atoms with Crippen LogP contribution in [0.5, 0.6) is 0 Å². The quantitative estimate of drug-likeness (QED) is 0.359. The Morgan fingerprint density at radius 2 is 1.73 bits per heavy atom. The number of rotatable bonds is 8. The normalized spacial score (nSPS) is 17.3. The molecule has 1 saturated heterocycles. The summed E-state index contributed by atoms with van der Waals surface area (Å²) in [5.41, 5.74) is 1.11. The minimum absolute atomic E-state index is 0.0317. The maximum absolute atomic E-state index is 13.9. The van der Waals surface area contributed by atoms with Crippen molar-refractivity contribution in [1.82, 2.24) is 14.2 Å². The number of fused-ring (bicyclic) bond motifs is 1. The number of esters is 1. The fourth-order valence-electron chi connectivity index (χ4n) is 4.71. The van der Waals surface area contributed by atoms with E-state index in [1.807, 2.05) is 0 Å². The first-order chi connectivity index (χ1) is 19.4. The third-order valence-corrected chi connectivity index (χ3v) is 9.73. The summed E-state index contributed by atoms with van der Waals surface area (Å²) in [6.45, 7) is 1.03. The second kappa shape index (κ2) is 12.4. The molecule has 11 nitrogen and oxygen atoms in total. The fourth-order valence-corrected chi connectivity index (χ4v) is 7.60. The number of hydrogen-bond donors (Lipinski definition) is 0. The summed E-state index contributed by atoms with van der Waals surface area (Å²) in [6, 6.07) is 13.4. The van der Waals surface area contributed by atoms with Crippen molar-refractivity contribution in [2.45, 2.75) is 29.5 Å². The topological polar surface area (TPSA) is 134 Å². The average Bonchev–Trinajstić information content (AvgIpc) is 3.39. The summed E-state index contributed by atoms with van der Waals surface area (Å²) in [6.07, 6.45) is 1.62. The number of hydrogen-bond acceptors (Lipinski definition) is 9. The van der Waals surface area contributed by atoms with E-state index in [4.69, 9.17) is 0 Å². The summed E-state index contributed by atoms with van der Waals surface area (Å²) >= 11 is 0.995. The van der Waals surface area contributed by atoms with Crippen LogP contribution >= 0.6 is 11.8 Å². The van der Waals surface area contributed by atoms with Crippen molar-refractivity contribution >= 4 is 61.3 Å². The van der Waals surface area contributed by atoms with E-state index in [2.05, 4.69) is 9.72 Å². The SMILES string of the molecule is COC(=O)c1ccc(N(C)C(=O)CN(C)C(=O)C2CC(SC(C)=O)CN2S(=O)(=O)c2cccc3cccnc23)cc1. The monoisotopic (exact) mass is 598 g/mol. The molecule has 2 heterocycles. The number of carbonyl (C=O) groups is 4. The molecule has 4 rings (SSSR count). The zero-order valence-electron chi connectivity index (χ0n) is 23.0. The predicted octanol–water partition coefficient (Wildman–Crippen LogP) is 2.55. The molecule has 2 unspecified atom stereocenters. The van der Waals surface area contributed by atoms with Gasteiger partial charge >= 0.3 is 5.97 Å². The lowest BCUT2D eigenvalue weighted by atomic mass is 10.2. The first-order valence-corrected chi connectivity index (χ1v) is 15.0. The fraction of sp³-hybridized carbons (Fsp3) is 0.321. The van der Waals surface area contributed by atoms with Gasteiger partial charge in [0, 0.05) is 50.1 Å². The van der Waals surface area contributed by atoms with Gasteiger partial charge in [0.2, 0.25) is 21.8 Å². The van der Waals surface area contributed by atoms with Gasteiger partial charge in [0.15, 0.2) is 5.12 Å². The molecule has 41 heavy (non-hydrogen) atoms. The van der Waals surface area contributed by atoms with Gasteiger partial charge in [-0.05, 0) is 42.8 Å². The molecular formula is C28H30N4O7S2. The maximum Gasteiger partial charge on any atom is 0.337 e. The highest BCUT2D eigenvalue weighted by Gasteiger charge is 2.46. The largest absolute Gasteiger partial charge is 0.465 e. The van der Waals surface area contributed by atoms with Gasteiger partial charge in [-0.25, -0.2) is 13.2 Å². The lowest BCUT2D eigenvalue weighted by Gasteiger charge is -2.28. The lowest BCUT2D eigenvalue weighted by Crippen LogP contribution is -2.49. The lowest BCUT2D eigenvalue weighted by molar-refractivity contribution is -0.136. The van der Waals surface area contributed by atoms with Gasteiger partial charge in [-0.3, -0.25) is 19.4 Å². The van der Waals surface area contributed by atoms with E-state index < -0.39 is 39.1 Å². The van der Waals surface area contributed by atoms with Crippen LogP contribution in [-0.4, -0.2) is 91.1 Å². The Labute approximate surface area is 242 Å². The number of nitrogens with zero attached hydrogens (tertiary/aromatic N) is 4. The number of pyridine rings is 1. The van der Waals surface area contributed by atoms with E-state index in [1.165, 1.54) is 62.3 Å². The Morgan fingerprint density at radius 3 is 2.39 bits per heavy atom. The van der Waals surface area contributed by atoms with Gasteiger partial charge in [0.05, 0.1) is 24.7 Å². The highest BCUT2D eigenvalue weighted by atomic mass is 32.2. The zero-order chi connectivity index (χ0) is 29.9. The van der Waals surface area contributed by atoms with Crippen molar-refractivity contribution in [3.05, 3.63) is 66.4 Å². The number of carbonyl (C=O) groups excluding carboxylic acids is 4. The van der Waals surface area contributed by atoms with Gasteiger partial charge in [-0.2, -0.15) is 4.31 Å². The number of benzene rings is 2. The van der Waals surface area contributed by atoms with Gasteiger partial charge in [-0.1, -0.05) is 30.0 Å². The van der Waals surface area contributed by atoms with Crippen molar-refractivity contribution in [3.8, 4) is 0 Å². The molecule has 3 aromatic rings. The molecule has 0 radical (unpaired) electrons. The summed E-state index contributed by atoms with van der Waals surface area (Å²) < 4.78 is 33.7. The van der Waals surface area contributed by atoms with Crippen LogP contribution in [0.3, 0.4) is 0 Å². The number of likely N-dealkylation sites (N-methyl/N-ethyl adjacent to an activating group) is 2. The summed E-state index contributed by atoms with van der Waals surface area (Å²) in [5, 5.41) is 0.0191. The van der Waals surface area contributed by atoms with E-state index in [9.17, 15) is 27.6 Å². The molecule has 2 aromatic carbocycles. The minimum Gasteiger partial charge on any atom is -0.465 e. The van der Waals surface area contributed by atoms with Crippen LogP contribution in [-0.2, 0) is 29.1 Å². The molecule has 0 N–H and O–H groups in total. The van der Waals surface area contributed by atoms with Crippen LogP contribution in [0.25, 0.3) is 10.9 Å². The van der Waals surface area contributed by atoms with Crippen LogP contribution in [0.4, 0.5) is 5.69 Å². The smallest absolute Gasteiger partial charge is 0.337 e. The van der Waals surface area contributed by atoms with Gasteiger partial charge < -0.3 is 14.5 Å². The highest BCUT2D eigenvalue weighted by molar-refractivity contribution is 8.14. The van der Waals surface area contributed by atoms with E-state index in [0.717, 1.165) is 16.1 Å². The Bertz CT molecular complexity index is 1590. The molecule has 1 aliphatic heterocycles. The first kappa shape index (κ1) is 30.2. The molecule has 1 aromatic heterocycles. The number of anilines is 1. The highest BCUT2D eigenvalue weighted by Crippen LogP contribution is 2.35. The van der Waals surface area contributed by atoms with Crippen molar-refractivity contribution in [3.63, 3.8) is 0 Å². The minimum atomic E-state index is -4.20. The molecular weight excluding hydrogens is 568 g/mol. The molecule has 0 aliphatic carbocycles. The molecule has 1 aliphatic rings. The molecule has 2 amide bonds. The van der Waals surface area contributed by atoms with Crippen LogP contribution in [0.2, 0.25) is 0 Å². The van der Waals surface area contributed by atoms with Gasteiger partial charge in [0.25, 0.3) is 0 Å². The molecule has 216 valence electrons. The van der Waals surface area contributed by atoms with Gasteiger partial charge in [0.1, 0.15) is 10.9 Å². The molecule has 2 atom stereocenters. The Hall–Kier alpha value is -3.81. The number of ether oxygens (including phenoxy) is 1. The van der Waals surface area contributed by atoms with Crippen LogP contribution in [0.1, 0.15) is 23.7 Å². The molecule has 0 saturated carbocycles. The summed E-state index contributed by atoms with van der Waals surface area (Å²) in [7, 11) is 0.0455.